The molecule has 0 aliphatic rings. The summed E-state index contributed by atoms with van der Waals surface area (Å²) < 4.78 is 24.6. The molecular formula is C9H9ClF2O. The second-order valence-electron chi connectivity index (χ2n) is 2.81. The molecule has 0 spiro atoms. The van der Waals surface area contributed by atoms with Gasteiger partial charge in [-0.1, -0.05) is 23.7 Å². The molecule has 4 heteroatoms. The molecule has 1 aromatic rings. The number of aliphatic hydroxyl groups is 1. The van der Waals surface area contributed by atoms with Gasteiger partial charge in [-0.15, -0.1) is 0 Å². The number of benzene rings is 1. The van der Waals surface area contributed by atoms with E-state index in [1.54, 1.807) is 0 Å². The van der Waals surface area contributed by atoms with Crippen molar-refractivity contribution in [1.29, 1.82) is 0 Å². The van der Waals surface area contributed by atoms with Crippen LogP contribution in [-0.4, -0.2) is 18.5 Å². The van der Waals surface area contributed by atoms with E-state index in [0.717, 1.165) is 0 Å². The molecule has 0 aliphatic heterocycles. The topological polar surface area (TPSA) is 20.2 Å². The Hall–Kier alpha value is -0.670. The van der Waals surface area contributed by atoms with E-state index in [1.807, 2.05) is 0 Å². The summed E-state index contributed by atoms with van der Waals surface area (Å²) in [6.45, 7) is -2.30. The van der Waals surface area contributed by atoms with E-state index in [1.165, 1.54) is 24.3 Å². The van der Waals surface area contributed by atoms with E-state index < -0.39 is 19.0 Å². The summed E-state index contributed by atoms with van der Waals surface area (Å²) in [5, 5.41) is 9.86. The summed E-state index contributed by atoms with van der Waals surface area (Å²) in [5.41, 5.74) is -1.83. The lowest BCUT2D eigenvalue weighted by Crippen LogP contribution is -2.30. The van der Waals surface area contributed by atoms with Crippen molar-refractivity contribution in [3.05, 3.63) is 34.9 Å². The fourth-order valence-electron chi connectivity index (χ4n) is 0.950. The van der Waals surface area contributed by atoms with Crippen LogP contribution in [0.15, 0.2) is 24.3 Å². The predicted molar refractivity (Wildman–Crippen MR) is 47.3 cm³/mol. The Morgan fingerprint density at radius 2 is 1.62 bits per heavy atom. The number of alkyl halides is 2. The maximum absolute atomic E-state index is 12.3. The van der Waals surface area contributed by atoms with Gasteiger partial charge in [0.1, 0.15) is 19.0 Å². The second-order valence-corrected chi connectivity index (χ2v) is 3.24. The van der Waals surface area contributed by atoms with Crippen molar-refractivity contribution in [2.75, 3.05) is 13.3 Å². The minimum absolute atomic E-state index is 0.196. The third kappa shape index (κ3) is 2.17. The van der Waals surface area contributed by atoms with Crippen LogP contribution in [0.3, 0.4) is 0 Å². The van der Waals surface area contributed by atoms with E-state index in [-0.39, 0.29) is 5.56 Å². The van der Waals surface area contributed by atoms with Gasteiger partial charge in [-0.05, 0) is 17.7 Å². The van der Waals surface area contributed by atoms with Gasteiger partial charge in [-0.3, -0.25) is 0 Å². The van der Waals surface area contributed by atoms with Gasteiger partial charge < -0.3 is 5.11 Å². The molecule has 0 unspecified atom stereocenters. The molecule has 0 saturated heterocycles. The minimum Gasteiger partial charge on any atom is -0.380 e. The summed E-state index contributed by atoms with van der Waals surface area (Å²) >= 11 is 5.58. The predicted octanol–water partition coefficient (Wildman–Crippen LogP) is 2.47. The Bertz CT molecular complexity index is 269. The summed E-state index contributed by atoms with van der Waals surface area (Å²) in [5.74, 6) is 0. The highest BCUT2D eigenvalue weighted by Gasteiger charge is 2.29. The van der Waals surface area contributed by atoms with Crippen LogP contribution in [0.2, 0.25) is 5.02 Å². The quantitative estimate of drug-likeness (QED) is 0.806. The lowest BCUT2D eigenvalue weighted by Gasteiger charge is -2.21. The number of hydrogen-bond acceptors (Lipinski definition) is 1. The smallest absolute Gasteiger partial charge is 0.146 e. The molecule has 0 heterocycles. The fourth-order valence-corrected chi connectivity index (χ4v) is 1.08. The number of rotatable bonds is 3. The maximum atomic E-state index is 12.3. The van der Waals surface area contributed by atoms with Crippen molar-refractivity contribution in [1.82, 2.24) is 0 Å². The molecule has 0 atom stereocenters. The first-order valence-electron chi connectivity index (χ1n) is 3.73. The van der Waals surface area contributed by atoms with Crippen molar-refractivity contribution < 1.29 is 13.9 Å². The average molecular weight is 207 g/mol. The molecule has 1 N–H and O–H groups in total. The summed E-state index contributed by atoms with van der Waals surface area (Å²) in [4.78, 5) is 0. The Kier molecular flexibility index (Phi) is 3.22. The van der Waals surface area contributed by atoms with Crippen molar-refractivity contribution in [3.8, 4) is 0 Å². The molecule has 1 rings (SSSR count). The third-order valence-electron chi connectivity index (χ3n) is 1.82. The van der Waals surface area contributed by atoms with Crippen LogP contribution in [0.4, 0.5) is 8.78 Å². The highest BCUT2D eigenvalue weighted by atomic mass is 35.5. The summed E-state index contributed by atoms with van der Waals surface area (Å²) in [6, 6.07) is 5.77. The fraction of sp³-hybridized carbons (Fsp3) is 0.333. The van der Waals surface area contributed by atoms with Crippen molar-refractivity contribution in [2.45, 2.75) is 5.60 Å². The van der Waals surface area contributed by atoms with Gasteiger partial charge in [-0.2, -0.15) is 0 Å². The minimum atomic E-state index is -2.02. The molecule has 13 heavy (non-hydrogen) atoms. The maximum Gasteiger partial charge on any atom is 0.146 e. The van der Waals surface area contributed by atoms with Crippen LogP contribution in [0.25, 0.3) is 0 Å². The Balaban J connectivity index is 2.99. The highest BCUT2D eigenvalue weighted by molar-refractivity contribution is 6.30. The summed E-state index contributed by atoms with van der Waals surface area (Å²) in [7, 11) is 0. The van der Waals surface area contributed by atoms with E-state index in [4.69, 9.17) is 11.6 Å². The van der Waals surface area contributed by atoms with E-state index in [0.29, 0.717) is 5.02 Å². The van der Waals surface area contributed by atoms with Gasteiger partial charge in [0.15, 0.2) is 0 Å². The molecule has 0 amide bonds. The number of hydrogen-bond donors (Lipinski definition) is 1. The van der Waals surface area contributed by atoms with Crippen LogP contribution < -0.4 is 0 Å². The lowest BCUT2D eigenvalue weighted by molar-refractivity contribution is -0.0111. The van der Waals surface area contributed by atoms with Crippen molar-refractivity contribution in [2.24, 2.45) is 0 Å². The largest absolute Gasteiger partial charge is 0.380 e. The van der Waals surface area contributed by atoms with Crippen LogP contribution >= 0.6 is 11.6 Å². The monoisotopic (exact) mass is 206 g/mol. The van der Waals surface area contributed by atoms with Gasteiger partial charge in [-0.25, -0.2) is 8.78 Å². The molecule has 0 saturated carbocycles. The molecule has 0 aromatic heterocycles. The van der Waals surface area contributed by atoms with Gasteiger partial charge >= 0.3 is 0 Å². The van der Waals surface area contributed by atoms with Gasteiger partial charge in [0, 0.05) is 5.02 Å². The summed E-state index contributed by atoms with van der Waals surface area (Å²) in [6.07, 6.45) is 0. The first kappa shape index (κ1) is 10.4. The van der Waals surface area contributed by atoms with Crippen LogP contribution in [-0.2, 0) is 5.60 Å². The normalized spacial score (nSPS) is 11.7. The van der Waals surface area contributed by atoms with Gasteiger partial charge in [0.25, 0.3) is 0 Å². The first-order chi connectivity index (χ1) is 6.12. The second kappa shape index (κ2) is 4.03. The zero-order chi connectivity index (χ0) is 9.90. The average Bonchev–Trinajstić information content (AvgIpc) is 2.18. The van der Waals surface area contributed by atoms with Gasteiger partial charge in [0.2, 0.25) is 0 Å². The number of halogens is 3. The standard InChI is InChI=1S/C9H9ClF2O/c10-8-3-1-7(2-4-8)9(13,5-11)6-12/h1-4,13H,5-6H2. The molecule has 1 nitrogen and oxygen atoms in total. The Labute approximate surface area is 80.0 Å². The van der Waals surface area contributed by atoms with Crippen molar-refractivity contribution >= 4 is 11.6 Å². The Morgan fingerprint density at radius 1 is 1.15 bits per heavy atom. The lowest BCUT2D eigenvalue weighted by atomic mass is 9.97. The molecule has 1 aromatic carbocycles. The first-order valence-corrected chi connectivity index (χ1v) is 4.10. The van der Waals surface area contributed by atoms with E-state index in [9.17, 15) is 13.9 Å². The van der Waals surface area contributed by atoms with Crippen molar-refractivity contribution in [3.63, 3.8) is 0 Å². The zero-order valence-electron chi connectivity index (χ0n) is 6.80. The molecular weight excluding hydrogens is 198 g/mol. The molecule has 0 bridgehead atoms. The van der Waals surface area contributed by atoms with Crippen LogP contribution in [0.5, 0.6) is 0 Å². The molecule has 0 radical (unpaired) electrons. The van der Waals surface area contributed by atoms with E-state index in [2.05, 4.69) is 0 Å². The Morgan fingerprint density at radius 3 is 2.00 bits per heavy atom. The molecule has 72 valence electrons. The molecule has 0 aliphatic carbocycles. The van der Waals surface area contributed by atoms with E-state index >= 15 is 0 Å². The molecule has 0 fully saturated rings. The van der Waals surface area contributed by atoms with Crippen LogP contribution in [0.1, 0.15) is 5.56 Å². The zero-order valence-corrected chi connectivity index (χ0v) is 7.56. The highest BCUT2D eigenvalue weighted by Crippen LogP contribution is 2.23. The van der Waals surface area contributed by atoms with Gasteiger partial charge in [0.05, 0.1) is 0 Å². The third-order valence-corrected chi connectivity index (χ3v) is 2.08. The van der Waals surface area contributed by atoms with Crippen LogP contribution in [0, 0.1) is 0 Å². The SMILES string of the molecule is OC(CF)(CF)c1ccc(Cl)cc1.